The van der Waals surface area contributed by atoms with E-state index < -0.39 is 27.9 Å². The van der Waals surface area contributed by atoms with E-state index in [1.165, 1.54) is 48.3 Å². The predicted molar refractivity (Wildman–Crippen MR) is 123 cm³/mol. The van der Waals surface area contributed by atoms with Crippen molar-refractivity contribution < 1.29 is 31.8 Å². The number of amides is 1. The molecule has 0 fully saturated rings. The Hall–Kier alpha value is -3.44. The average molecular weight is 490 g/mol. The molecule has 3 rings (SSSR count). The van der Waals surface area contributed by atoms with Crippen LogP contribution in [-0.2, 0) is 14.9 Å². The molecule has 0 radical (unpaired) electrons. The van der Waals surface area contributed by atoms with Crippen LogP contribution in [0.15, 0.2) is 57.9 Å². The molecule has 0 saturated heterocycles. The summed E-state index contributed by atoms with van der Waals surface area (Å²) in [6, 6.07) is 11.9. The molecule has 0 aliphatic carbocycles. The maximum absolute atomic E-state index is 12.7. The molecule has 1 amide bonds. The van der Waals surface area contributed by atoms with E-state index >= 15 is 0 Å². The number of aromatic nitrogens is 2. The highest BCUT2D eigenvalue weighted by Gasteiger charge is 2.22. The van der Waals surface area contributed by atoms with E-state index in [2.05, 4.69) is 10.1 Å². The monoisotopic (exact) mass is 489 g/mol. The molecule has 0 spiro atoms. The number of carbonyl (C=O) groups excluding carboxylic acids is 1. The van der Waals surface area contributed by atoms with Gasteiger partial charge in [-0.25, -0.2) is 4.79 Å². The quantitative estimate of drug-likeness (QED) is 0.493. The smallest absolute Gasteiger partial charge is 0.410 e. The van der Waals surface area contributed by atoms with Gasteiger partial charge in [0.2, 0.25) is 11.7 Å². The summed E-state index contributed by atoms with van der Waals surface area (Å²) in [7, 11) is -2.62. The Kier molecular flexibility index (Phi) is 7.27. The molecule has 34 heavy (non-hydrogen) atoms. The first-order chi connectivity index (χ1) is 15.8. The summed E-state index contributed by atoms with van der Waals surface area (Å²) in [6.45, 7) is 6.89. The van der Waals surface area contributed by atoms with Crippen molar-refractivity contribution in [2.45, 2.75) is 44.3 Å². The van der Waals surface area contributed by atoms with Crippen molar-refractivity contribution in [1.29, 1.82) is 0 Å². The maximum Gasteiger partial charge on any atom is 0.410 e. The zero-order valence-electron chi connectivity index (χ0n) is 19.5. The summed E-state index contributed by atoms with van der Waals surface area (Å²) in [6.07, 6.45) is -1.56. The van der Waals surface area contributed by atoms with Crippen LogP contribution < -0.4 is 4.18 Å². The number of carbonyl (C=O) groups is 1. The van der Waals surface area contributed by atoms with Gasteiger partial charge in [-0.15, -0.1) is 0 Å². The van der Waals surface area contributed by atoms with E-state index in [0.717, 1.165) is 0 Å². The van der Waals surface area contributed by atoms with Crippen molar-refractivity contribution in [1.82, 2.24) is 15.0 Å². The van der Waals surface area contributed by atoms with Gasteiger partial charge in [0.15, 0.2) is 0 Å². The molecule has 3 aromatic rings. The van der Waals surface area contributed by atoms with Gasteiger partial charge in [0.1, 0.15) is 16.2 Å². The van der Waals surface area contributed by atoms with Crippen molar-refractivity contribution in [3.8, 4) is 17.1 Å². The summed E-state index contributed by atoms with van der Waals surface area (Å²) in [5.74, 6) is 0.695. The minimum absolute atomic E-state index is 0.00420. The highest BCUT2D eigenvalue weighted by Crippen LogP contribution is 2.25. The molecule has 1 aromatic heterocycles. The summed E-state index contributed by atoms with van der Waals surface area (Å²) in [5.41, 5.74) is 0.300. The highest BCUT2D eigenvalue weighted by molar-refractivity contribution is 7.87. The van der Waals surface area contributed by atoms with E-state index in [4.69, 9.17) is 13.4 Å². The molecular formula is C23H27N3O7S. The van der Waals surface area contributed by atoms with Crippen LogP contribution in [-0.4, -0.2) is 53.9 Å². The van der Waals surface area contributed by atoms with Gasteiger partial charge < -0.3 is 23.4 Å². The number of hydrogen-bond acceptors (Lipinski definition) is 9. The van der Waals surface area contributed by atoms with E-state index in [1.807, 2.05) is 0 Å². The first-order valence-corrected chi connectivity index (χ1v) is 11.8. The lowest BCUT2D eigenvalue weighted by molar-refractivity contribution is 0.0205. The lowest BCUT2D eigenvalue weighted by Crippen LogP contribution is -2.36. The zero-order valence-corrected chi connectivity index (χ0v) is 20.4. The molecule has 0 saturated carbocycles. The van der Waals surface area contributed by atoms with Gasteiger partial charge in [0.25, 0.3) is 0 Å². The Morgan fingerprint density at radius 1 is 1.18 bits per heavy atom. The van der Waals surface area contributed by atoms with Crippen LogP contribution in [0.5, 0.6) is 5.75 Å². The lowest BCUT2D eigenvalue weighted by Gasteiger charge is -2.26. The van der Waals surface area contributed by atoms with E-state index in [1.54, 1.807) is 39.8 Å². The molecule has 1 unspecified atom stereocenters. The fourth-order valence-corrected chi connectivity index (χ4v) is 3.88. The summed E-state index contributed by atoms with van der Waals surface area (Å²) in [5, 5.41) is 14.2. The largest absolute Gasteiger partial charge is 0.444 e. The van der Waals surface area contributed by atoms with Gasteiger partial charge in [-0.1, -0.05) is 29.4 Å². The third-order valence-corrected chi connectivity index (χ3v) is 5.77. The van der Waals surface area contributed by atoms with Crippen LogP contribution in [0, 0.1) is 6.92 Å². The van der Waals surface area contributed by atoms with Gasteiger partial charge in [-0.3, -0.25) is 0 Å². The van der Waals surface area contributed by atoms with Crippen molar-refractivity contribution in [3.05, 3.63) is 60.0 Å². The van der Waals surface area contributed by atoms with E-state index in [0.29, 0.717) is 17.0 Å². The molecular weight excluding hydrogens is 462 g/mol. The second-order valence-corrected chi connectivity index (χ2v) is 10.2. The third-order valence-electron chi connectivity index (χ3n) is 4.53. The number of aliphatic hydroxyl groups excluding tert-OH is 1. The first kappa shape index (κ1) is 25.2. The van der Waals surface area contributed by atoms with Gasteiger partial charge in [0, 0.05) is 19.5 Å². The molecule has 182 valence electrons. The normalized spacial score (nSPS) is 12.8. The summed E-state index contributed by atoms with van der Waals surface area (Å²) < 4.78 is 40.9. The van der Waals surface area contributed by atoms with Gasteiger partial charge in [0.05, 0.1) is 12.6 Å². The standard InChI is InChI=1S/C23H27N3O7S/c1-15-24-21(25-32-15)17-7-6-8-19(13-17)34(29,30)33-18-11-9-16(10-12-18)20(27)14-26(5)22(28)31-23(2,3)4/h6-13,20,27H,14H2,1-5H3. The molecule has 1 heterocycles. The topological polar surface area (TPSA) is 132 Å². The Morgan fingerprint density at radius 2 is 1.85 bits per heavy atom. The second kappa shape index (κ2) is 9.82. The number of aliphatic hydroxyl groups is 1. The minimum atomic E-state index is -4.14. The van der Waals surface area contributed by atoms with Crippen LogP contribution in [0.4, 0.5) is 4.79 Å². The van der Waals surface area contributed by atoms with Crippen LogP contribution in [0.2, 0.25) is 0 Å². The number of hydrogen-bond donors (Lipinski definition) is 1. The van der Waals surface area contributed by atoms with Crippen LogP contribution >= 0.6 is 0 Å². The molecule has 1 atom stereocenters. The number of aryl methyl sites for hydroxylation is 1. The van der Waals surface area contributed by atoms with E-state index in [9.17, 15) is 18.3 Å². The number of nitrogens with zero attached hydrogens (tertiary/aromatic N) is 3. The Labute approximate surface area is 198 Å². The zero-order chi connectivity index (χ0) is 25.1. The van der Waals surface area contributed by atoms with Crippen molar-refractivity contribution in [3.63, 3.8) is 0 Å². The number of rotatable bonds is 7. The van der Waals surface area contributed by atoms with Gasteiger partial charge in [-0.05, 0) is 50.6 Å². The van der Waals surface area contributed by atoms with Crippen LogP contribution in [0.1, 0.15) is 38.3 Å². The van der Waals surface area contributed by atoms with Crippen molar-refractivity contribution in [2.75, 3.05) is 13.6 Å². The Balaban J connectivity index is 1.67. The predicted octanol–water partition coefficient (Wildman–Crippen LogP) is 3.71. The maximum atomic E-state index is 12.7. The van der Waals surface area contributed by atoms with Crippen LogP contribution in [0.25, 0.3) is 11.4 Å². The number of ether oxygens (including phenoxy) is 1. The van der Waals surface area contributed by atoms with E-state index in [-0.39, 0.29) is 23.0 Å². The number of benzene rings is 2. The SMILES string of the molecule is Cc1nc(-c2cccc(S(=O)(=O)Oc3ccc(C(O)CN(C)C(=O)OC(C)(C)C)cc3)c2)no1. The molecule has 1 N–H and O–H groups in total. The van der Waals surface area contributed by atoms with Crippen LogP contribution in [0.3, 0.4) is 0 Å². The Bertz CT molecular complexity index is 1250. The molecule has 0 bridgehead atoms. The van der Waals surface area contributed by atoms with Crippen molar-refractivity contribution in [2.24, 2.45) is 0 Å². The number of likely N-dealkylation sites (N-methyl/N-ethyl adjacent to an activating group) is 1. The van der Waals surface area contributed by atoms with Gasteiger partial charge in [-0.2, -0.15) is 13.4 Å². The second-order valence-electron chi connectivity index (χ2n) is 8.65. The molecule has 0 aliphatic rings. The van der Waals surface area contributed by atoms with Gasteiger partial charge >= 0.3 is 16.2 Å². The molecule has 0 aliphatic heterocycles. The molecule has 10 nitrogen and oxygen atoms in total. The fraction of sp³-hybridized carbons (Fsp3) is 0.348. The first-order valence-electron chi connectivity index (χ1n) is 10.4. The molecule has 2 aromatic carbocycles. The fourth-order valence-electron chi connectivity index (χ4n) is 2.91. The minimum Gasteiger partial charge on any atom is -0.444 e. The molecule has 11 heteroatoms. The Morgan fingerprint density at radius 3 is 2.44 bits per heavy atom. The third kappa shape index (κ3) is 6.55. The lowest BCUT2D eigenvalue weighted by atomic mass is 10.1. The highest BCUT2D eigenvalue weighted by atomic mass is 32.2. The average Bonchev–Trinajstić information content (AvgIpc) is 3.19. The summed E-state index contributed by atoms with van der Waals surface area (Å²) in [4.78, 5) is 17.4. The van der Waals surface area contributed by atoms with Crippen molar-refractivity contribution >= 4 is 16.2 Å². The summed E-state index contributed by atoms with van der Waals surface area (Å²) >= 11 is 0.